The van der Waals surface area contributed by atoms with Crippen LogP contribution in [-0.4, -0.2) is 67.5 Å². The van der Waals surface area contributed by atoms with E-state index in [0.717, 1.165) is 0 Å². The second-order valence-corrected chi connectivity index (χ2v) is 9.43. The van der Waals surface area contributed by atoms with Crippen molar-refractivity contribution in [3.8, 4) is 0 Å². The molecular formula is C21H23ClF6N2O4. The van der Waals surface area contributed by atoms with Crippen LogP contribution in [0.4, 0.5) is 26.3 Å². The van der Waals surface area contributed by atoms with Gasteiger partial charge in [-0.25, -0.2) is 9.59 Å². The van der Waals surface area contributed by atoms with E-state index >= 15 is 0 Å². The van der Waals surface area contributed by atoms with Gasteiger partial charge < -0.3 is 14.8 Å². The molecule has 2 aliphatic heterocycles. The first kappa shape index (κ1) is 26.6. The first-order chi connectivity index (χ1) is 15.6. The molecule has 0 aromatic heterocycles. The van der Waals surface area contributed by atoms with Crippen LogP contribution in [0, 0.1) is 5.41 Å². The van der Waals surface area contributed by atoms with Crippen LogP contribution in [0.5, 0.6) is 0 Å². The highest BCUT2D eigenvalue weighted by atomic mass is 35.5. The molecule has 0 radical (unpaired) electrons. The van der Waals surface area contributed by atoms with Crippen LogP contribution in [0.2, 0.25) is 5.02 Å². The van der Waals surface area contributed by atoms with Crippen molar-refractivity contribution in [3.05, 3.63) is 34.9 Å². The SMILES string of the molecule is CC1(C)CN([C@@H]2CNCC2OC(=O)C(F)(F)F)CCC1(OC(=O)C(F)(F)F)c1ccc(Cl)cc1. The Kier molecular flexibility index (Phi) is 7.18. The quantitative estimate of drug-likeness (QED) is 0.485. The number of halogens is 7. The lowest BCUT2D eigenvalue weighted by Gasteiger charge is -2.54. The van der Waals surface area contributed by atoms with Gasteiger partial charge in [-0.05, 0) is 17.7 Å². The van der Waals surface area contributed by atoms with Crippen molar-refractivity contribution in [2.75, 3.05) is 26.2 Å². The molecule has 2 fully saturated rings. The summed E-state index contributed by atoms with van der Waals surface area (Å²) in [5.74, 6) is -4.65. The molecule has 2 aliphatic rings. The number of esters is 2. The molecule has 2 saturated heterocycles. The normalized spacial score (nSPS) is 27.9. The highest BCUT2D eigenvalue weighted by molar-refractivity contribution is 6.30. The van der Waals surface area contributed by atoms with Crippen molar-refractivity contribution >= 4 is 23.5 Å². The Balaban J connectivity index is 1.89. The fourth-order valence-corrected chi connectivity index (χ4v) is 4.81. The van der Waals surface area contributed by atoms with Gasteiger partial charge in [0.1, 0.15) is 11.7 Å². The van der Waals surface area contributed by atoms with Crippen LogP contribution >= 0.6 is 11.6 Å². The highest BCUT2D eigenvalue weighted by Crippen LogP contribution is 2.50. The number of piperidine rings is 1. The molecule has 0 amide bonds. The van der Waals surface area contributed by atoms with E-state index in [0.29, 0.717) is 10.6 Å². The van der Waals surface area contributed by atoms with Gasteiger partial charge in [-0.1, -0.05) is 37.6 Å². The number of likely N-dealkylation sites (tertiary alicyclic amines) is 1. The molecule has 1 aromatic rings. The minimum atomic E-state index is -5.22. The third kappa shape index (κ3) is 5.28. The second kappa shape index (κ2) is 9.19. The summed E-state index contributed by atoms with van der Waals surface area (Å²) in [4.78, 5) is 25.0. The van der Waals surface area contributed by atoms with Gasteiger partial charge in [0.25, 0.3) is 0 Å². The molecule has 0 aliphatic carbocycles. The Morgan fingerprint density at radius 3 is 2.15 bits per heavy atom. The molecule has 6 nitrogen and oxygen atoms in total. The fourth-order valence-electron chi connectivity index (χ4n) is 4.69. The molecule has 0 bridgehead atoms. The lowest BCUT2D eigenvalue weighted by atomic mass is 9.66. The van der Waals surface area contributed by atoms with E-state index in [4.69, 9.17) is 16.3 Å². The van der Waals surface area contributed by atoms with E-state index in [-0.39, 0.29) is 32.6 Å². The lowest BCUT2D eigenvalue weighted by Crippen LogP contribution is -2.61. The number of ether oxygens (including phenoxy) is 2. The van der Waals surface area contributed by atoms with Gasteiger partial charge in [0, 0.05) is 43.0 Å². The standard InChI is InChI=1S/C21H23ClF6N2O4/c1-18(2)11-30(14-9-29-10-15(14)33-16(31)20(23,24)25)8-7-19(18,34-17(32)21(26,27)28)12-3-5-13(22)6-4-12/h3-6,14-15,29H,7-11H2,1-2H3/t14-,15?,19?/m1/s1. The molecule has 1 N–H and O–H groups in total. The van der Waals surface area contributed by atoms with Crippen molar-refractivity contribution < 1.29 is 45.4 Å². The van der Waals surface area contributed by atoms with Gasteiger partial charge in [0.05, 0.1) is 6.04 Å². The number of carbonyl (C=O) groups is 2. The van der Waals surface area contributed by atoms with Crippen LogP contribution in [0.1, 0.15) is 25.8 Å². The molecule has 13 heteroatoms. The van der Waals surface area contributed by atoms with Crippen molar-refractivity contribution in [3.63, 3.8) is 0 Å². The number of benzene rings is 1. The summed E-state index contributed by atoms with van der Waals surface area (Å²) >= 11 is 5.92. The summed E-state index contributed by atoms with van der Waals surface area (Å²) in [6.45, 7) is 3.54. The molecule has 1 aromatic carbocycles. The average Bonchev–Trinajstić information content (AvgIpc) is 3.16. The number of hydrogen-bond donors (Lipinski definition) is 1. The number of hydrogen-bond acceptors (Lipinski definition) is 6. The molecule has 3 atom stereocenters. The third-order valence-electron chi connectivity index (χ3n) is 6.34. The maximum atomic E-state index is 13.1. The predicted molar refractivity (Wildman–Crippen MR) is 108 cm³/mol. The molecule has 0 spiro atoms. The van der Waals surface area contributed by atoms with Crippen molar-refractivity contribution in [1.82, 2.24) is 10.2 Å². The summed E-state index contributed by atoms with van der Waals surface area (Å²) in [5.41, 5.74) is -2.50. The second-order valence-electron chi connectivity index (χ2n) is 8.99. The van der Waals surface area contributed by atoms with E-state index in [1.54, 1.807) is 18.7 Å². The Bertz CT molecular complexity index is 921. The van der Waals surface area contributed by atoms with Crippen LogP contribution in [0.15, 0.2) is 24.3 Å². The van der Waals surface area contributed by atoms with E-state index in [1.165, 1.54) is 24.3 Å². The maximum absolute atomic E-state index is 13.1. The molecule has 34 heavy (non-hydrogen) atoms. The Labute approximate surface area is 196 Å². The smallest absolute Gasteiger partial charge is 0.453 e. The topological polar surface area (TPSA) is 67.9 Å². The summed E-state index contributed by atoms with van der Waals surface area (Å²) in [6.07, 6.45) is -11.6. The van der Waals surface area contributed by atoms with Gasteiger partial charge >= 0.3 is 24.3 Å². The van der Waals surface area contributed by atoms with E-state index < -0.39 is 47.5 Å². The molecule has 3 rings (SSSR count). The van der Waals surface area contributed by atoms with Gasteiger partial charge in [0.15, 0.2) is 0 Å². The number of nitrogens with zero attached hydrogens (tertiary/aromatic N) is 1. The van der Waals surface area contributed by atoms with E-state index in [9.17, 15) is 35.9 Å². The van der Waals surface area contributed by atoms with Crippen LogP contribution in [-0.2, 0) is 24.7 Å². The largest absolute Gasteiger partial charge is 0.490 e. The molecule has 190 valence electrons. The Morgan fingerprint density at radius 1 is 1.03 bits per heavy atom. The zero-order valence-corrected chi connectivity index (χ0v) is 19.0. The summed E-state index contributed by atoms with van der Waals surface area (Å²) in [5, 5.41) is 3.22. The van der Waals surface area contributed by atoms with Gasteiger partial charge in [-0.15, -0.1) is 0 Å². The van der Waals surface area contributed by atoms with Crippen LogP contribution < -0.4 is 5.32 Å². The van der Waals surface area contributed by atoms with Crippen LogP contribution in [0.3, 0.4) is 0 Å². The number of rotatable bonds is 4. The third-order valence-corrected chi connectivity index (χ3v) is 6.59. The number of carbonyl (C=O) groups excluding carboxylic acids is 2. The average molecular weight is 517 g/mol. The van der Waals surface area contributed by atoms with Gasteiger partial charge in [0.2, 0.25) is 0 Å². The maximum Gasteiger partial charge on any atom is 0.490 e. The van der Waals surface area contributed by atoms with Crippen molar-refractivity contribution in [1.29, 1.82) is 0 Å². The minimum absolute atomic E-state index is 0.00516. The monoisotopic (exact) mass is 516 g/mol. The number of nitrogens with one attached hydrogen (secondary N) is 1. The molecular weight excluding hydrogens is 494 g/mol. The summed E-state index contributed by atoms with van der Waals surface area (Å²) in [6, 6.07) is 5.25. The number of alkyl halides is 6. The van der Waals surface area contributed by atoms with Crippen molar-refractivity contribution in [2.24, 2.45) is 5.41 Å². The van der Waals surface area contributed by atoms with E-state index in [1.807, 2.05) is 0 Å². The zero-order chi connectivity index (χ0) is 25.5. The van der Waals surface area contributed by atoms with Crippen molar-refractivity contribution in [2.45, 2.75) is 50.4 Å². The van der Waals surface area contributed by atoms with Crippen LogP contribution in [0.25, 0.3) is 0 Å². The minimum Gasteiger partial charge on any atom is -0.453 e. The summed E-state index contributed by atoms with van der Waals surface area (Å²) < 4.78 is 87.2. The van der Waals surface area contributed by atoms with Gasteiger partial charge in [-0.3, -0.25) is 4.90 Å². The van der Waals surface area contributed by atoms with E-state index in [2.05, 4.69) is 10.1 Å². The fraction of sp³-hybridized carbons (Fsp3) is 0.619. The first-order valence-electron chi connectivity index (χ1n) is 10.4. The molecule has 2 heterocycles. The molecule has 2 unspecified atom stereocenters. The predicted octanol–water partition coefficient (Wildman–Crippen LogP) is 3.82. The van der Waals surface area contributed by atoms with Gasteiger partial charge in [-0.2, -0.15) is 26.3 Å². The lowest BCUT2D eigenvalue weighted by molar-refractivity contribution is -0.236. The highest BCUT2D eigenvalue weighted by Gasteiger charge is 2.58. The summed E-state index contributed by atoms with van der Waals surface area (Å²) in [7, 11) is 0. The zero-order valence-electron chi connectivity index (χ0n) is 18.2. The Hall–Kier alpha value is -2.05. The Morgan fingerprint density at radius 2 is 1.62 bits per heavy atom. The molecule has 0 saturated carbocycles. The first-order valence-corrected chi connectivity index (χ1v) is 10.7.